The minimum atomic E-state index is -0.857. The molecule has 2 aromatic rings. The number of allylic oxidation sites excluding steroid dienone is 6. The van der Waals surface area contributed by atoms with Crippen LogP contribution in [0.5, 0.6) is 11.5 Å². The lowest BCUT2D eigenvalue weighted by Gasteiger charge is -2.42. The maximum atomic E-state index is 14.0. The van der Waals surface area contributed by atoms with Gasteiger partial charge in [0.25, 0.3) is 5.69 Å². The van der Waals surface area contributed by atoms with Crippen LogP contribution in [0, 0.1) is 27.9 Å². The second kappa shape index (κ2) is 9.62. The highest BCUT2D eigenvalue weighted by atomic mass is 79.9. The van der Waals surface area contributed by atoms with E-state index in [-0.39, 0.29) is 64.0 Å². The number of anilines is 1. The molecule has 1 N–H and O–H groups in total. The van der Waals surface area contributed by atoms with Crippen molar-refractivity contribution >= 4 is 50.7 Å². The number of methoxy groups -OCH3 is 1. The van der Waals surface area contributed by atoms with E-state index in [0.29, 0.717) is 15.6 Å². The number of aromatic hydroxyl groups is 1. The lowest BCUT2D eigenvalue weighted by Crippen LogP contribution is -2.39. The Morgan fingerprint density at radius 2 is 1.85 bits per heavy atom. The third-order valence-corrected chi connectivity index (χ3v) is 8.92. The SMILES string of the molecule is COc1cc(Br)cc([C@H]2C3=CC[C@@H]4C(=O)N(c5cccc([N+](=O)[O-])c5)C(=O)[C@@H]4[C@@H]3CC3=C2C(=O)C(C)=CC3=O)c1O. The van der Waals surface area contributed by atoms with Crippen LogP contribution in [0.2, 0.25) is 0 Å². The van der Waals surface area contributed by atoms with Crippen molar-refractivity contribution in [2.45, 2.75) is 25.7 Å². The molecular weight excluding hydrogens is 596 g/mol. The number of carbonyl (C=O) groups excluding carboxylic acids is 4. The van der Waals surface area contributed by atoms with E-state index in [4.69, 9.17) is 4.74 Å². The molecule has 0 saturated carbocycles. The van der Waals surface area contributed by atoms with Crippen LogP contribution in [0.15, 0.2) is 75.3 Å². The van der Waals surface area contributed by atoms with Gasteiger partial charge in [0.15, 0.2) is 23.1 Å². The average molecular weight is 619 g/mol. The summed E-state index contributed by atoms with van der Waals surface area (Å²) in [7, 11) is 1.40. The van der Waals surface area contributed by atoms with Crippen LogP contribution in [0.25, 0.3) is 0 Å². The van der Waals surface area contributed by atoms with Crippen LogP contribution in [0.3, 0.4) is 0 Å². The number of halogens is 1. The van der Waals surface area contributed by atoms with Gasteiger partial charge in [-0.05, 0) is 50.0 Å². The summed E-state index contributed by atoms with van der Waals surface area (Å²) >= 11 is 3.44. The largest absolute Gasteiger partial charge is 0.504 e. The van der Waals surface area contributed by atoms with Crippen molar-refractivity contribution < 1.29 is 33.9 Å². The Morgan fingerprint density at radius 1 is 1.10 bits per heavy atom. The number of benzene rings is 2. The lowest BCUT2D eigenvalue weighted by molar-refractivity contribution is -0.384. The molecular formula is C30H23BrN2O8. The molecule has 10 nitrogen and oxygen atoms in total. The van der Waals surface area contributed by atoms with Crippen molar-refractivity contribution in [2.75, 3.05) is 12.0 Å². The van der Waals surface area contributed by atoms with Crippen LogP contribution in [0.4, 0.5) is 11.4 Å². The van der Waals surface area contributed by atoms with Gasteiger partial charge in [-0.2, -0.15) is 0 Å². The normalized spacial score (nSPS) is 25.4. The Hall–Kier alpha value is -4.38. The number of Topliss-reactive ketones (excluding diaryl/α,β-unsaturated/α-hetero) is 1. The zero-order valence-electron chi connectivity index (χ0n) is 21.9. The number of ketones is 2. The number of rotatable bonds is 4. The predicted octanol–water partition coefficient (Wildman–Crippen LogP) is 4.71. The molecule has 0 aromatic heterocycles. The molecule has 11 heteroatoms. The molecule has 208 valence electrons. The summed E-state index contributed by atoms with van der Waals surface area (Å²) in [4.78, 5) is 66.2. The number of hydrogen-bond acceptors (Lipinski definition) is 8. The van der Waals surface area contributed by atoms with Gasteiger partial charge in [0.1, 0.15) is 0 Å². The summed E-state index contributed by atoms with van der Waals surface area (Å²) in [5, 5.41) is 22.6. The molecule has 2 aromatic carbocycles. The number of nitro benzene ring substituents is 1. The predicted molar refractivity (Wildman–Crippen MR) is 149 cm³/mol. The van der Waals surface area contributed by atoms with Crippen molar-refractivity contribution in [3.63, 3.8) is 0 Å². The number of phenolic OH excluding ortho intramolecular Hbond substituents is 1. The minimum absolute atomic E-state index is 0.0703. The second-order valence-electron chi connectivity index (χ2n) is 10.6. The maximum Gasteiger partial charge on any atom is 0.271 e. The van der Waals surface area contributed by atoms with Crippen LogP contribution in [-0.2, 0) is 19.2 Å². The van der Waals surface area contributed by atoms with Gasteiger partial charge in [0.2, 0.25) is 11.8 Å². The number of non-ortho nitro benzene ring substituents is 1. The summed E-state index contributed by atoms with van der Waals surface area (Å²) in [6.45, 7) is 1.57. The zero-order chi connectivity index (χ0) is 29.3. The Kier molecular flexibility index (Phi) is 6.29. The smallest absolute Gasteiger partial charge is 0.271 e. The first-order valence-electron chi connectivity index (χ1n) is 12.9. The fourth-order valence-electron chi connectivity index (χ4n) is 6.69. The van der Waals surface area contributed by atoms with Crippen molar-refractivity contribution in [3.05, 3.63) is 91.0 Å². The van der Waals surface area contributed by atoms with Gasteiger partial charge in [-0.1, -0.05) is 33.6 Å². The summed E-state index contributed by atoms with van der Waals surface area (Å²) in [6.07, 6.45) is 3.38. The topological polar surface area (TPSA) is 144 Å². The van der Waals surface area contributed by atoms with Crippen LogP contribution in [0.1, 0.15) is 31.2 Å². The Morgan fingerprint density at radius 3 is 2.56 bits per heavy atom. The first kappa shape index (κ1) is 26.8. The maximum absolute atomic E-state index is 14.0. The number of hydrogen-bond donors (Lipinski definition) is 1. The quantitative estimate of drug-likeness (QED) is 0.171. The molecule has 0 bridgehead atoms. The fourth-order valence-corrected chi connectivity index (χ4v) is 7.14. The number of phenols is 1. The van der Waals surface area contributed by atoms with E-state index in [1.807, 2.05) is 6.08 Å². The van der Waals surface area contributed by atoms with E-state index in [9.17, 15) is 34.4 Å². The van der Waals surface area contributed by atoms with E-state index < -0.39 is 40.4 Å². The monoisotopic (exact) mass is 618 g/mol. The molecule has 4 aliphatic rings. The third kappa shape index (κ3) is 3.98. The summed E-state index contributed by atoms with van der Waals surface area (Å²) in [5.74, 6) is -4.77. The first-order chi connectivity index (χ1) is 19.5. The number of carbonyl (C=O) groups is 4. The van der Waals surface area contributed by atoms with Gasteiger partial charge in [0, 0.05) is 44.8 Å². The number of fused-ring (bicyclic) bond motifs is 3. The van der Waals surface area contributed by atoms with Crippen LogP contribution in [-0.4, -0.2) is 40.5 Å². The van der Waals surface area contributed by atoms with Gasteiger partial charge >= 0.3 is 0 Å². The standard InChI is InChI=1S/C30H23BrN2O8/c1-13-8-22(34)20-12-19-17(24(26(20)27(13)35)21-9-14(31)10-23(41-2)28(21)36)6-7-18-25(19)30(38)32(29(18)37)15-4-3-5-16(11-15)33(39)40/h3-6,8-11,18-19,24-25,36H,7,12H2,1-2H3/t18-,19+,24+,25-/m0/s1. The fraction of sp³-hybridized carbons (Fsp3) is 0.267. The molecule has 3 aliphatic carbocycles. The zero-order valence-corrected chi connectivity index (χ0v) is 23.5. The molecule has 6 rings (SSSR count). The molecule has 0 radical (unpaired) electrons. The molecule has 0 spiro atoms. The van der Waals surface area contributed by atoms with E-state index >= 15 is 0 Å². The van der Waals surface area contributed by atoms with Crippen molar-refractivity contribution in [1.29, 1.82) is 0 Å². The van der Waals surface area contributed by atoms with Crippen molar-refractivity contribution in [2.24, 2.45) is 17.8 Å². The highest BCUT2D eigenvalue weighted by Crippen LogP contribution is 2.57. The minimum Gasteiger partial charge on any atom is -0.504 e. The summed E-state index contributed by atoms with van der Waals surface area (Å²) in [6, 6.07) is 8.59. The first-order valence-corrected chi connectivity index (χ1v) is 13.7. The highest BCUT2D eigenvalue weighted by molar-refractivity contribution is 9.10. The van der Waals surface area contributed by atoms with Crippen LogP contribution >= 0.6 is 15.9 Å². The summed E-state index contributed by atoms with van der Waals surface area (Å²) < 4.78 is 5.93. The Balaban J connectivity index is 1.51. The molecule has 1 aliphatic heterocycles. The molecule has 1 saturated heterocycles. The number of imide groups is 1. The van der Waals surface area contributed by atoms with E-state index in [2.05, 4.69) is 15.9 Å². The molecule has 1 fully saturated rings. The van der Waals surface area contributed by atoms with Crippen molar-refractivity contribution in [1.82, 2.24) is 0 Å². The average Bonchev–Trinajstić information content (AvgIpc) is 3.21. The van der Waals surface area contributed by atoms with Gasteiger partial charge in [-0.25, -0.2) is 4.90 Å². The van der Waals surface area contributed by atoms with Crippen LogP contribution < -0.4 is 9.64 Å². The molecule has 2 amide bonds. The number of nitrogens with zero attached hydrogens (tertiary/aromatic N) is 2. The highest BCUT2D eigenvalue weighted by Gasteiger charge is 2.57. The molecule has 1 heterocycles. The third-order valence-electron chi connectivity index (χ3n) is 8.46. The Bertz CT molecular complexity index is 1700. The number of ether oxygens (including phenoxy) is 1. The molecule has 4 atom stereocenters. The van der Waals surface area contributed by atoms with Gasteiger partial charge in [-0.3, -0.25) is 29.3 Å². The Labute approximate surface area is 242 Å². The van der Waals surface area contributed by atoms with E-state index in [1.54, 1.807) is 19.1 Å². The molecule has 41 heavy (non-hydrogen) atoms. The number of amides is 2. The van der Waals surface area contributed by atoms with E-state index in [0.717, 1.165) is 4.90 Å². The lowest BCUT2D eigenvalue weighted by atomic mass is 9.59. The van der Waals surface area contributed by atoms with Crippen molar-refractivity contribution in [3.8, 4) is 11.5 Å². The van der Waals surface area contributed by atoms with Gasteiger partial charge < -0.3 is 9.84 Å². The second-order valence-corrected chi connectivity index (χ2v) is 11.5. The van der Waals surface area contributed by atoms with E-state index in [1.165, 1.54) is 37.5 Å². The summed E-state index contributed by atoms with van der Waals surface area (Å²) in [5.41, 5.74) is 1.63. The molecule has 0 unspecified atom stereocenters. The van der Waals surface area contributed by atoms with Gasteiger partial charge in [0.05, 0.1) is 29.6 Å². The van der Waals surface area contributed by atoms with Gasteiger partial charge in [-0.15, -0.1) is 0 Å². The number of nitro groups is 1.